The second-order valence-electron chi connectivity index (χ2n) is 7.10. The predicted molar refractivity (Wildman–Crippen MR) is 118 cm³/mol. The summed E-state index contributed by atoms with van der Waals surface area (Å²) in [6, 6.07) is 12.6. The smallest absolute Gasteiger partial charge is 0.330 e. The van der Waals surface area contributed by atoms with Gasteiger partial charge in [0, 0.05) is 13.6 Å². The molecule has 0 unspecified atom stereocenters. The molecule has 0 radical (unpaired) electrons. The van der Waals surface area contributed by atoms with Crippen LogP contribution in [0.2, 0.25) is 0 Å². The summed E-state index contributed by atoms with van der Waals surface area (Å²) in [5, 5.41) is 0. The topological polar surface area (TPSA) is 56.7 Å². The van der Waals surface area contributed by atoms with Crippen LogP contribution in [0, 0.1) is 0 Å². The Morgan fingerprint density at radius 3 is 2.48 bits per heavy atom. The van der Waals surface area contributed by atoms with Crippen molar-refractivity contribution in [3.05, 3.63) is 76.9 Å². The van der Waals surface area contributed by atoms with Crippen LogP contribution < -0.4 is 10.9 Å². The lowest BCUT2D eigenvalue weighted by Gasteiger charge is -2.35. The van der Waals surface area contributed by atoms with E-state index in [1.165, 1.54) is 23.8 Å². The van der Waals surface area contributed by atoms with Crippen LogP contribution in [0.25, 0.3) is 5.70 Å². The Morgan fingerprint density at radius 2 is 1.87 bits per heavy atom. The summed E-state index contributed by atoms with van der Waals surface area (Å²) in [4.78, 5) is 15.0. The van der Waals surface area contributed by atoms with Crippen LogP contribution in [0.4, 0.5) is 13.2 Å². The number of hydrogen-bond acceptors (Lipinski definition) is 4. The van der Waals surface area contributed by atoms with Crippen LogP contribution in [-0.2, 0) is 17.4 Å². The van der Waals surface area contributed by atoms with Gasteiger partial charge in [0.25, 0.3) is 5.91 Å². The lowest BCUT2D eigenvalue weighted by atomic mass is 9.93. The lowest BCUT2D eigenvalue weighted by molar-refractivity contribution is -0.137. The van der Waals surface area contributed by atoms with E-state index in [4.69, 9.17) is 0 Å². The molecule has 2 aromatic carbocycles. The first-order valence-electron chi connectivity index (χ1n) is 9.66. The molecule has 0 saturated carbocycles. The number of nitrogens with one attached hydrogen (secondary N) is 2. The molecule has 0 saturated heterocycles. The molecule has 1 amide bonds. The molecule has 1 aliphatic rings. The number of carbonyl (C=O) groups excluding carboxylic acids is 1. The van der Waals surface area contributed by atoms with Gasteiger partial charge in [0.1, 0.15) is 5.71 Å². The molecule has 31 heavy (non-hydrogen) atoms. The number of benzene rings is 2. The van der Waals surface area contributed by atoms with E-state index in [1.807, 2.05) is 25.1 Å². The molecule has 2 N–H and O–H groups in total. The van der Waals surface area contributed by atoms with Crippen molar-refractivity contribution in [3.63, 3.8) is 0 Å². The van der Waals surface area contributed by atoms with Gasteiger partial charge in [0.15, 0.2) is 0 Å². The van der Waals surface area contributed by atoms with Gasteiger partial charge < -0.3 is 10.3 Å². The Hall–Kier alpha value is -2.65. The van der Waals surface area contributed by atoms with Gasteiger partial charge >= 0.3 is 6.18 Å². The molecule has 3 rings (SSSR count). The van der Waals surface area contributed by atoms with Gasteiger partial charge in [0.2, 0.25) is 0 Å². The van der Waals surface area contributed by atoms with E-state index in [-0.39, 0.29) is 17.7 Å². The highest BCUT2D eigenvalue weighted by Gasteiger charge is 2.31. The number of fused-ring (bicyclic) bond motifs is 1. The zero-order valence-electron chi connectivity index (χ0n) is 17.0. The summed E-state index contributed by atoms with van der Waals surface area (Å²) >= 11 is 3.02. The first-order chi connectivity index (χ1) is 14.8. The second kappa shape index (κ2) is 9.65. The van der Waals surface area contributed by atoms with E-state index in [1.54, 1.807) is 11.9 Å². The Kier molecular flexibility index (Phi) is 7.17. The largest absolute Gasteiger partial charge is 0.416 e. The molecule has 0 bridgehead atoms. The summed E-state index contributed by atoms with van der Waals surface area (Å²) in [5.74, 6) is -0.277. The van der Waals surface area contributed by atoms with E-state index in [2.05, 4.69) is 37.1 Å². The quantitative estimate of drug-likeness (QED) is 0.469. The molecule has 1 atom stereocenters. The molecular formula is C22H22BrF3N4O. The third-order valence-electron chi connectivity index (χ3n) is 5.23. The molecule has 0 fully saturated rings. The van der Waals surface area contributed by atoms with Crippen LogP contribution in [-0.4, -0.2) is 30.1 Å². The van der Waals surface area contributed by atoms with Crippen LogP contribution in [0.5, 0.6) is 0 Å². The van der Waals surface area contributed by atoms with E-state index in [9.17, 15) is 18.0 Å². The van der Waals surface area contributed by atoms with E-state index in [0.717, 1.165) is 24.1 Å². The third-order valence-corrected chi connectivity index (χ3v) is 5.61. The Bertz CT molecular complexity index is 1000. The Morgan fingerprint density at radius 1 is 1.19 bits per heavy atom. The van der Waals surface area contributed by atoms with Crippen molar-refractivity contribution in [3.8, 4) is 0 Å². The number of halogens is 4. The molecule has 0 aromatic heterocycles. The summed E-state index contributed by atoms with van der Waals surface area (Å²) in [6.07, 6.45) is -2.17. The van der Waals surface area contributed by atoms with Crippen molar-refractivity contribution < 1.29 is 18.0 Å². The van der Waals surface area contributed by atoms with Crippen molar-refractivity contribution in [2.24, 2.45) is 4.02 Å². The van der Waals surface area contributed by atoms with Crippen molar-refractivity contribution in [1.82, 2.24) is 15.8 Å². The molecule has 0 spiro atoms. The minimum atomic E-state index is -4.42. The van der Waals surface area contributed by atoms with Crippen LogP contribution >= 0.6 is 16.1 Å². The molecule has 1 heterocycles. The summed E-state index contributed by atoms with van der Waals surface area (Å²) in [6.45, 7) is 2.51. The number of carbonyl (C=O) groups is 1. The van der Waals surface area contributed by atoms with Crippen molar-refractivity contribution >= 4 is 33.5 Å². The molecular weight excluding hydrogens is 473 g/mol. The van der Waals surface area contributed by atoms with Gasteiger partial charge in [-0.25, -0.2) is 9.44 Å². The van der Waals surface area contributed by atoms with E-state index < -0.39 is 11.7 Å². The number of nitrogens with zero attached hydrogens (tertiary/aromatic N) is 2. The predicted octanol–water partition coefficient (Wildman–Crippen LogP) is 4.67. The molecule has 2 aromatic rings. The Labute approximate surface area is 187 Å². The molecule has 1 aliphatic heterocycles. The van der Waals surface area contributed by atoms with Crippen LogP contribution in [0.1, 0.15) is 35.2 Å². The minimum absolute atomic E-state index is 0.123. The summed E-state index contributed by atoms with van der Waals surface area (Å²) in [5.41, 5.74) is 8.19. The van der Waals surface area contributed by atoms with Gasteiger partial charge in [-0.1, -0.05) is 36.4 Å². The van der Waals surface area contributed by atoms with Crippen molar-refractivity contribution in [1.29, 1.82) is 0 Å². The van der Waals surface area contributed by atoms with Gasteiger partial charge in [-0.2, -0.15) is 13.2 Å². The SMILES string of the molecule is CNN/C(=C\C(=NBr)C(=O)N1CCc2ccccc2[C@H]1C)c1ccc(C(F)(F)F)cc1. The fourth-order valence-corrected chi connectivity index (χ4v) is 3.87. The maximum atomic E-state index is 13.2. The van der Waals surface area contributed by atoms with Gasteiger partial charge in [-0.15, -0.1) is 0 Å². The maximum absolute atomic E-state index is 13.2. The first kappa shape index (κ1) is 23.0. The zero-order valence-corrected chi connectivity index (χ0v) is 18.6. The van der Waals surface area contributed by atoms with Gasteiger partial charge in [0.05, 0.1) is 33.4 Å². The monoisotopic (exact) mass is 494 g/mol. The van der Waals surface area contributed by atoms with E-state index in [0.29, 0.717) is 17.8 Å². The highest BCUT2D eigenvalue weighted by atomic mass is 79.9. The lowest BCUT2D eigenvalue weighted by Crippen LogP contribution is -2.42. The van der Waals surface area contributed by atoms with Crippen LogP contribution in [0.15, 0.2) is 58.6 Å². The van der Waals surface area contributed by atoms with Gasteiger partial charge in [-0.3, -0.25) is 4.79 Å². The van der Waals surface area contributed by atoms with Crippen molar-refractivity contribution in [2.45, 2.75) is 25.6 Å². The molecule has 164 valence electrons. The summed E-state index contributed by atoms with van der Waals surface area (Å²) in [7, 11) is 1.62. The second-order valence-corrected chi connectivity index (χ2v) is 7.46. The maximum Gasteiger partial charge on any atom is 0.416 e. The average molecular weight is 495 g/mol. The molecule has 9 heteroatoms. The normalized spacial score (nSPS) is 17.4. The zero-order chi connectivity index (χ0) is 22.6. The number of hydrazine groups is 1. The Balaban J connectivity index is 1.88. The number of hydrogen-bond donors (Lipinski definition) is 2. The highest BCUT2D eigenvalue weighted by molar-refractivity contribution is 9.08. The average Bonchev–Trinajstić information content (AvgIpc) is 2.76. The van der Waals surface area contributed by atoms with E-state index >= 15 is 0 Å². The molecule has 5 nitrogen and oxygen atoms in total. The minimum Gasteiger partial charge on any atom is -0.330 e. The fraction of sp³-hybridized carbons (Fsp3) is 0.273. The molecule has 0 aliphatic carbocycles. The van der Waals surface area contributed by atoms with Crippen LogP contribution in [0.3, 0.4) is 0 Å². The van der Waals surface area contributed by atoms with Crippen molar-refractivity contribution in [2.75, 3.05) is 13.6 Å². The third kappa shape index (κ3) is 5.16. The standard InChI is InChI=1S/C22H22BrF3N4O/c1-14-18-6-4-3-5-15(18)11-12-30(14)21(31)20(28-23)13-19(29-27-2)16-7-9-17(10-8-16)22(24,25)26/h3-10,13-14,27,29H,11-12H2,1-2H3/b19-13-,28-20?/t14-/m1/s1. The summed E-state index contributed by atoms with van der Waals surface area (Å²) < 4.78 is 42.6. The number of rotatable bonds is 5. The number of amides is 1. The highest BCUT2D eigenvalue weighted by Crippen LogP contribution is 2.31. The fourth-order valence-electron chi connectivity index (χ4n) is 3.62. The first-order valence-corrected chi connectivity index (χ1v) is 10.4. The number of alkyl halides is 3. The van der Waals surface area contributed by atoms with Gasteiger partial charge in [-0.05, 0) is 48.2 Å².